The van der Waals surface area contributed by atoms with Crippen molar-refractivity contribution in [3.8, 4) is 0 Å². The molecule has 142 valence electrons. The minimum absolute atomic E-state index is 0.0314. The second-order valence-electron chi connectivity index (χ2n) is 7.02. The molecule has 2 fully saturated rings. The smallest absolute Gasteiger partial charge is 0.239 e. The molecule has 1 aromatic rings. The van der Waals surface area contributed by atoms with E-state index in [0.29, 0.717) is 37.8 Å². The van der Waals surface area contributed by atoms with Crippen LogP contribution in [-0.2, 0) is 14.4 Å². The summed E-state index contributed by atoms with van der Waals surface area (Å²) in [4.78, 5) is 41.7. The highest BCUT2D eigenvalue weighted by Gasteiger charge is 2.35. The molecular weight excluding hydrogens is 338 g/mol. The summed E-state index contributed by atoms with van der Waals surface area (Å²) < 4.78 is 4.89. The summed E-state index contributed by atoms with van der Waals surface area (Å²) in [6.07, 6.45) is 2.00. The summed E-state index contributed by atoms with van der Waals surface area (Å²) in [6.45, 7) is 4.27. The number of nitrogens with one attached hydrogen (secondary N) is 1. The zero-order valence-corrected chi connectivity index (χ0v) is 15.2. The first-order valence-corrected chi connectivity index (χ1v) is 8.90. The maximum atomic E-state index is 12.4. The quantitative estimate of drug-likeness (QED) is 0.760. The van der Waals surface area contributed by atoms with E-state index in [1.165, 1.54) is 0 Å². The van der Waals surface area contributed by atoms with E-state index in [1.54, 1.807) is 29.8 Å². The Morgan fingerprint density at radius 3 is 2.42 bits per heavy atom. The zero-order valence-electron chi connectivity index (χ0n) is 15.2. The number of anilines is 1. The highest BCUT2D eigenvalue weighted by atomic mass is 16.5. The SMILES string of the molecule is Cc1cc(NC(=O)CN(C)CC(=O)N2CCN(C(=O)C3CC3)CC2)no1. The minimum atomic E-state index is -0.256. The van der Waals surface area contributed by atoms with Crippen molar-refractivity contribution in [2.24, 2.45) is 5.92 Å². The molecule has 0 atom stereocenters. The monoisotopic (exact) mass is 363 g/mol. The summed E-state index contributed by atoms with van der Waals surface area (Å²) >= 11 is 0. The predicted molar refractivity (Wildman–Crippen MR) is 93.3 cm³/mol. The molecule has 0 radical (unpaired) electrons. The van der Waals surface area contributed by atoms with Gasteiger partial charge < -0.3 is 19.6 Å². The number of hydrogen-bond acceptors (Lipinski definition) is 6. The first-order valence-electron chi connectivity index (χ1n) is 8.90. The highest BCUT2D eigenvalue weighted by Crippen LogP contribution is 2.31. The fraction of sp³-hybridized carbons (Fsp3) is 0.647. The van der Waals surface area contributed by atoms with Crippen LogP contribution in [0.1, 0.15) is 18.6 Å². The Morgan fingerprint density at radius 1 is 1.19 bits per heavy atom. The van der Waals surface area contributed by atoms with Gasteiger partial charge in [-0.3, -0.25) is 19.3 Å². The van der Waals surface area contributed by atoms with Crippen LogP contribution < -0.4 is 5.32 Å². The molecule has 0 spiro atoms. The van der Waals surface area contributed by atoms with Crippen LogP contribution in [0.4, 0.5) is 5.82 Å². The first-order chi connectivity index (χ1) is 12.4. The number of aryl methyl sites for hydroxylation is 1. The lowest BCUT2D eigenvalue weighted by molar-refractivity contribution is -0.140. The molecule has 1 aliphatic carbocycles. The van der Waals surface area contributed by atoms with Crippen molar-refractivity contribution in [3.05, 3.63) is 11.8 Å². The average Bonchev–Trinajstić information content (AvgIpc) is 3.37. The molecule has 3 amide bonds. The maximum absolute atomic E-state index is 12.4. The van der Waals surface area contributed by atoms with Gasteiger partial charge in [0, 0.05) is 38.2 Å². The van der Waals surface area contributed by atoms with Crippen LogP contribution in [0.5, 0.6) is 0 Å². The number of carbonyl (C=O) groups excluding carboxylic acids is 3. The second kappa shape index (κ2) is 7.86. The van der Waals surface area contributed by atoms with E-state index in [4.69, 9.17) is 4.52 Å². The molecule has 9 heteroatoms. The van der Waals surface area contributed by atoms with Crippen molar-refractivity contribution in [2.75, 3.05) is 51.6 Å². The number of carbonyl (C=O) groups is 3. The second-order valence-corrected chi connectivity index (χ2v) is 7.02. The minimum Gasteiger partial charge on any atom is -0.360 e. The third-order valence-electron chi connectivity index (χ3n) is 4.58. The van der Waals surface area contributed by atoms with Gasteiger partial charge in [0.25, 0.3) is 0 Å². The van der Waals surface area contributed by atoms with E-state index in [9.17, 15) is 14.4 Å². The van der Waals surface area contributed by atoms with Crippen molar-refractivity contribution in [1.29, 1.82) is 0 Å². The Hall–Kier alpha value is -2.42. The largest absolute Gasteiger partial charge is 0.360 e. The maximum Gasteiger partial charge on any atom is 0.239 e. The van der Waals surface area contributed by atoms with Crippen LogP contribution in [0.3, 0.4) is 0 Å². The van der Waals surface area contributed by atoms with Gasteiger partial charge in [0.1, 0.15) is 5.76 Å². The molecule has 3 rings (SSSR count). The van der Waals surface area contributed by atoms with Crippen LogP contribution in [0, 0.1) is 12.8 Å². The summed E-state index contributed by atoms with van der Waals surface area (Å²) in [7, 11) is 1.72. The molecular formula is C17H25N5O4. The lowest BCUT2D eigenvalue weighted by atomic mass is 10.2. The van der Waals surface area contributed by atoms with Crippen molar-refractivity contribution in [1.82, 2.24) is 19.9 Å². The molecule has 0 bridgehead atoms. The highest BCUT2D eigenvalue weighted by molar-refractivity contribution is 5.91. The first kappa shape index (κ1) is 18.4. The molecule has 26 heavy (non-hydrogen) atoms. The Bertz CT molecular complexity index is 676. The van der Waals surface area contributed by atoms with Crippen LogP contribution in [-0.4, -0.2) is 83.9 Å². The van der Waals surface area contributed by atoms with Crippen molar-refractivity contribution < 1.29 is 18.9 Å². The molecule has 2 heterocycles. The van der Waals surface area contributed by atoms with E-state index >= 15 is 0 Å². The molecule has 0 unspecified atom stereocenters. The van der Waals surface area contributed by atoms with E-state index < -0.39 is 0 Å². The number of nitrogens with zero attached hydrogens (tertiary/aromatic N) is 4. The van der Waals surface area contributed by atoms with Gasteiger partial charge in [-0.05, 0) is 26.8 Å². The number of likely N-dealkylation sites (N-methyl/N-ethyl adjacent to an activating group) is 1. The summed E-state index contributed by atoms with van der Waals surface area (Å²) in [6, 6.07) is 1.63. The van der Waals surface area contributed by atoms with Gasteiger partial charge in [-0.15, -0.1) is 0 Å². The Labute approximate surface area is 152 Å². The fourth-order valence-corrected chi connectivity index (χ4v) is 3.00. The number of piperazine rings is 1. The third-order valence-corrected chi connectivity index (χ3v) is 4.58. The van der Waals surface area contributed by atoms with Crippen LogP contribution in [0.15, 0.2) is 10.6 Å². The molecule has 0 aromatic carbocycles. The molecule has 2 aliphatic rings. The number of aromatic nitrogens is 1. The molecule has 1 N–H and O–H groups in total. The Morgan fingerprint density at radius 2 is 1.85 bits per heavy atom. The normalized spacial score (nSPS) is 17.5. The molecule has 1 saturated heterocycles. The molecule has 1 aliphatic heterocycles. The van der Waals surface area contributed by atoms with Gasteiger partial charge in [-0.25, -0.2) is 0 Å². The molecule has 1 aromatic heterocycles. The lowest BCUT2D eigenvalue weighted by Gasteiger charge is -2.35. The summed E-state index contributed by atoms with van der Waals surface area (Å²) in [5.41, 5.74) is 0. The topological polar surface area (TPSA) is 99.0 Å². The fourth-order valence-electron chi connectivity index (χ4n) is 3.00. The number of hydrogen-bond donors (Lipinski definition) is 1. The number of amides is 3. The zero-order chi connectivity index (χ0) is 18.7. The van der Waals surface area contributed by atoms with Gasteiger partial charge in [-0.2, -0.15) is 0 Å². The Balaban J connectivity index is 1.38. The van der Waals surface area contributed by atoms with Gasteiger partial charge in [0.15, 0.2) is 5.82 Å². The van der Waals surface area contributed by atoms with Crippen LogP contribution in [0.25, 0.3) is 0 Å². The van der Waals surface area contributed by atoms with Crippen LogP contribution >= 0.6 is 0 Å². The van der Waals surface area contributed by atoms with E-state index in [-0.39, 0.29) is 36.7 Å². The summed E-state index contributed by atoms with van der Waals surface area (Å²) in [5.74, 6) is 1.14. The van der Waals surface area contributed by atoms with Gasteiger partial charge in [0.2, 0.25) is 17.7 Å². The lowest BCUT2D eigenvalue weighted by Crippen LogP contribution is -2.53. The van der Waals surface area contributed by atoms with E-state index in [0.717, 1.165) is 12.8 Å². The van der Waals surface area contributed by atoms with Crippen molar-refractivity contribution in [3.63, 3.8) is 0 Å². The summed E-state index contributed by atoms with van der Waals surface area (Å²) in [5, 5.41) is 6.33. The van der Waals surface area contributed by atoms with Gasteiger partial charge >= 0.3 is 0 Å². The van der Waals surface area contributed by atoms with E-state index in [1.807, 2.05) is 4.90 Å². The third kappa shape index (κ3) is 4.81. The standard InChI is InChI=1S/C17H25N5O4/c1-12-9-14(19-26-12)18-15(23)10-20(2)11-16(24)21-5-7-22(8-6-21)17(25)13-3-4-13/h9,13H,3-8,10-11H2,1-2H3,(H,18,19,23). The van der Waals surface area contributed by atoms with E-state index in [2.05, 4.69) is 10.5 Å². The van der Waals surface area contributed by atoms with Crippen molar-refractivity contribution in [2.45, 2.75) is 19.8 Å². The van der Waals surface area contributed by atoms with Crippen molar-refractivity contribution >= 4 is 23.5 Å². The predicted octanol–water partition coefficient (Wildman–Crippen LogP) is -0.0659. The Kier molecular flexibility index (Phi) is 5.55. The molecule has 1 saturated carbocycles. The van der Waals surface area contributed by atoms with Gasteiger partial charge in [-0.1, -0.05) is 5.16 Å². The van der Waals surface area contributed by atoms with Crippen LogP contribution in [0.2, 0.25) is 0 Å². The average molecular weight is 363 g/mol. The molecule has 9 nitrogen and oxygen atoms in total. The van der Waals surface area contributed by atoms with Gasteiger partial charge in [0.05, 0.1) is 13.1 Å². The number of rotatable bonds is 6.